The molecule has 0 saturated heterocycles. The average molecular weight is 361 g/mol. The zero-order valence-corrected chi connectivity index (χ0v) is 14.6. The zero-order valence-electron chi connectivity index (χ0n) is 13.8. The molecule has 0 spiro atoms. The van der Waals surface area contributed by atoms with Gasteiger partial charge in [0.15, 0.2) is 5.78 Å². The first kappa shape index (κ1) is 18.6. The Morgan fingerprint density at radius 1 is 1.04 bits per heavy atom. The highest BCUT2D eigenvalue weighted by molar-refractivity contribution is 7.89. The average Bonchev–Trinajstić information content (AvgIpc) is 2.54. The lowest BCUT2D eigenvalue weighted by Gasteiger charge is -2.16. The van der Waals surface area contributed by atoms with Crippen molar-refractivity contribution in [1.82, 2.24) is 0 Å². The first-order valence-corrected chi connectivity index (χ1v) is 9.03. The molecule has 8 heteroatoms. The second-order valence-corrected chi connectivity index (χ2v) is 7.12. The number of benzene rings is 2. The molecule has 4 N–H and O–H groups in total. The van der Waals surface area contributed by atoms with Gasteiger partial charge in [0, 0.05) is 16.9 Å². The van der Waals surface area contributed by atoms with E-state index in [2.05, 4.69) is 10.6 Å². The molecular formula is C17H19N3O4S. The summed E-state index contributed by atoms with van der Waals surface area (Å²) in [6.45, 7) is 3.15. The molecule has 1 unspecified atom stereocenters. The fourth-order valence-corrected chi connectivity index (χ4v) is 2.64. The molecule has 2 rings (SSSR count). The first-order valence-electron chi connectivity index (χ1n) is 7.48. The molecule has 0 aliphatic heterocycles. The molecule has 132 valence electrons. The predicted octanol–water partition coefficient (Wildman–Crippen LogP) is 1.98. The maximum absolute atomic E-state index is 12.2. The Balaban J connectivity index is 2.03. The summed E-state index contributed by atoms with van der Waals surface area (Å²) in [5.74, 6) is -0.368. The van der Waals surface area contributed by atoms with Crippen LogP contribution < -0.4 is 15.8 Å². The van der Waals surface area contributed by atoms with Crippen LogP contribution in [0.25, 0.3) is 0 Å². The van der Waals surface area contributed by atoms with E-state index < -0.39 is 16.1 Å². The summed E-state index contributed by atoms with van der Waals surface area (Å²) >= 11 is 0. The molecule has 0 saturated carbocycles. The van der Waals surface area contributed by atoms with Crippen molar-refractivity contribution in [2.75, 3.05) is 10.6 Å². The van der Waals surface area contributed by atoms with Crippen molar-refractivity contribution >= 4 is 33.1 Å². The molecule has 0 aromatic heterocycles. The summed E-state index contributed by atoms with van der Waals surface area (Å²) in [6.07, 6.45) is 0. The Morgan fingerprint density at radius 2 is 1.68 bits per heavy atom. The molecule has 7 nitrogen and oxygen atoms in total. The Labute approximate surface area is 146 Å². The molecule has 2 aromatic rings. The number of Topliss-reactive ketones (excluding diaryl/α,β-unsaturated/α-hetero) is 1. The number of primary sulfonamides is 1. The van der Waals surface area contributed by atoms with Crippen LogP contribution in [0.2, 0.25) is 0 Å². The molecule has 0 fully saturated rings. The van der Waals surface area contributed by atoms with Gasteiger partial charge in [0.1, 0.15) is 6.04 Å². The lowest BCUT2D eigenvalue weighted by atomic mass is 10.1. The molecule has 0 aliphatic carbocycles. The molecule has 0 heterocycles. The smallest absolute Gasteiger partial charge is 0.246 e. The number of hydrogen-bond acceptors (Lipinski definition) is 5. The minimum Gasteiger partial charge on any atom is -0.374 e. The van der Waals surface area contributed by atoms with E-state index >= 15 is 0 Å². The van der Waals surface area contributed by atoms with Gasteiger partial charge in [0.05, 0.1) is 4.90 Å². The number of carbonyl (C=O) groups is 2. The lowest BCUT2D eigenvalue weighted by Crippen LogP contribution is -2.31. The number of ketones is 1. The Kier molecular flexibility index (Phi) is 5.55. The van der Waals surface area contributed by atoms with E-state index in [1.165, 1.54) is 31.2 Å². The number of rotatable bonds is 6. The highest BCUT2D eigenvalue weighted by atomic mass is 32.2. The van der Waals surface area contributed by atoms with Gasteiger partial charge in [-0.15, -0.1) is 0 Å². The molecule has 0 radical (unpaired) electrons. The third-order valence-electron chi connectivity index (χ3n) is 3.50. The van der Waals surface area contributed by atoms with Crippen molar-refractivity contribution < 1.29 is 18.0 Å². The van der Waals surface area contributed by atoms with Gasteiger partial charge in [-0.1, -0.05) is 12.1 Å². The van der Waals surface area contributed by atoms with E-state index in [-0.39, 0.29) is 16.6 Å². The predicted molar refractivity (Wildman–Crippen MR) is 96.0 cm³/mol. The molecule has 25 heavy (non-hydrogen) atoms. The Bertz CT molecular complexity index is 892. The van der Waals surface area contributed by atoms with Gasteiger partial charge in [0.25, 0.3) is 0 Å². The summed E-state index contributed by atoms with van der Waals surface area (Å²) < 4.78 is 22.4. The van der Waals surface area contributed by atoms with Crippen molar-refractivity contribution in [1.29, 1.82) is 0 Å². The second-order valence-electron chi connectivity index (χ2n) is 5.56. The monoisotopic (exact) mass is 361 g/mol. The largest absolute Gasteiger partial charge is 0.374 e. The fourth-order valence-electron chi connectivity index (χ4n) is 2.12. The van der Waals surface area contributed by atoms with Gasteiger partial charge < -0.3 is 10.6 Å². The van der Waals surface area contributed by atoms with E-state index in [0.717, 1.165) is 0 Å². The van der Waals surface area contributed by atoms with Crippen LogP contribution in [0.1, 0.15) is 24.2 Å². The van der Waals surface area contributed by atoms with Crippen LogP contribution in [0.5, 0.6) is 0 Å². The van der Waals surface area contributed by atoms with Gasteiger partial charge in [-0.05, 0) is 50.2 Å². The molecular weight excluding hydrogens is 342 g/mol. The number of nitrogens with one attached hydrogen (secondary N) is 2. The van der Waals surface area contributed by atoms with Crippen LogP contribution in [0.4, 0.5) is 11.4 Å². The molecule has 1 atom stereocenters. The number of anilines is 2. The normalized spacial score (nSPS) is 12.3. The number of hydrogen-bond donors (Lipinski definition) is 3. The van der Waals surface area contributed by atoms with E-state index in [9.17, 15) is 18.0 Å². The van der Waals surface area contributed by atoms with E-state index in [0.29, 0.717) is 16.9 Å². The van der Waals surface area contributed by atoms with Gasteiger partial charge in [-0.2, -0.15) is 0 Å². The van der Waals surface area contributed by atoms with E-state index in [1.54, 1.807) is 31.2 Å². The lowest BCUT2D eigenvalue weighted by molar-refractivity contribution is -0.116. The number of carbonyl (C=O) groups excluding carboxylic acids is 2. The minimum absolute atomic E-state index is 0.0299. The van der Waals surface area contributed by atoms with Crippen molar-refractivity contribution in [3.63, 3.8) is 0 Å². The van der Waals surface area contributed by atoms with Crippen LogP contribution in [0, 0.1) is 0 Å². The SMILES string of the molecule is CC(=O)c1cccc(NC(C)C(=O)Nc2ccc(S(N)(=O)=O)cc2)c1. The van der Waals surface area contributed by atoms with Gasteiger partial charge >= 0.3 is 0 Å². The van der Waals surface area contributed by atoms with Crippen molar-refractivity contribution in [3.8, 4) is 0 Å². The summed E-state index contributed by atoms with van der Waals surface area (Å²) in [5, 5.41) is 10.7. The van der Waals surface area contributed by atoms with Gasteiger partial charge in [-0.3, -0.25) is 9.59 Å². The summed E-state index contributed by atoms with van der Waals surface area (Å²) in [4.78, 5) is 23.6. The summed E-state index contributed by atoms with van der Waals surface area (Å²) in [7, 11) is -3.77. The third-order valence-corrected chi connectivity index (χ3v) is 4.43. The molecule has 2 aromatic carbocycles. The fraction of sp³-hybridized carbons (Fsp3) is 0.176. The zero-order chi connectivity index (χ0) is 18.6. The van der Waals surface area contributed by atoms with Crippen molar-refractivity contribution in [3.05, 3.63) is 54.1 Å². The maximum atomic E-state index is 12.2. The summed E-state index contributed by atoms with van der Waals surface area (Å²) in [5.41, 5.74) is 1.65. The van der Waals surface area contributed by atoms with Gasteiger partial charge in [-0.25, -0.2) is 13.6 Å². The number of amides is 1. The number of sulfonamides is 1. The number of nitrogens with two attached hydrogens (primary N) is 1. The minimum atomic E-state index is -3.77. The van der Waals surface area contributed by atoms with E-state index in [1.807, 2.05) is 0 Å². The maximum Gasteiger partial charge on any atom is 0.246 e. The van der Waals surface area contributed by atoms with Crippen molar-refractivity contribution in [2.45, 2.75) is 24.8 Å². The van der Waals surface area contributed by atoms with Crippen molar-refractivity contribution in [2.24, 2.45) is 5.14 Å². The quantitative estimate of drug-likeness (QED) is 0.680. The van der Waals surface area contributed by atoms with Crippen LogP contribution in [-0.2, 0) is 14.8 Å². The third kappa shape index (κ3) is 5.13. The van der Waals surface area contributed by atoms with E-state index in [4.69, 9.17) is 5.14 Å². The summed E-state index contributed by atoms with van der Waals surface area (Å²) in [6, 6.07) is 11.9. The second kappa shape index (κ2) is 7.45. The molecule has 1 amide bonds. The molecule has 0 aliphatic rings. The van der Waals surface area contributed by atoms with Gasteiger partial charge in [0.2, 0.25) is 15.9 Å². The molecule has 0 bridgehead atoms. The topological polar surface area (TPSA) is 118 Å². The van der Waals surface area contributed by atoms with Crippen LogP contribution in [0.3, 0.4) is 0 Å². The Morgan fingerprint density at radius 3 is 2.24 bits per heavy atom. The van der Waals surface area contributed by atoms with Crippen LogP contribution >= 0.6 is 0 Å². The highest BCUT2D eigenvalue weighted by Crippen LogP contribution is 2.15. The highest BCUT2D eigenvalue weighted by Gasteiger charge is 2.14. The first-order chi connectivity index (χ1) is 11.7. The standard InChI is InChI=1S/C17H19N3O4S/c1-11(19-15-5-3-4-13(10-15)12(2)21)17(22)20-14-6-8-16(9-7-14)25(18,23)24/h3-11,19H,1-2H3,(H,20,22)(H2,18,23,24). The van der Waals surface area contributed by atoms with Crippen LogP contribution in [-0.4, -0.2) is 26.2 Å². The Hall–Kier alpha value is -2.71. The van der Waals surface area contributed by atoms with Crippen LogP contribution in [0.15, 0.2) is 53.4 Å².